The Kier molecular flexibility index (Phi) is 5.06. The first kappa shape index (κ1) is 16.3. The smallest absolute Gasteiger partial charge is 0.339 e. The van der Waals surface area contributed by atoms with Gasteiger partial charge >= 0.3 is 5.97 Å². The van der Waals surface area contributed by atoms with Gasteiger partial charge in [0.05, 0.1) is 29.1 Å². The van der Waals surface area contributed by atoms with Crippen molar-refractivity contribution in [3.8, 4) is 0 Å². The average molecular weight is 338 g/mol. The highest BCUT2D eigenvalue weighted by atomic mass is 35.5. The minimum absolute atomic E-state index is 0.224. The van der Waals surface area contributed by atoms with Gasteiger partial charge in [0.25, 0.3) is 0 Å². The van der Waals surface area contributed by atoms with E-state index >= 15 is 0 Å². The number of halogens is 2. The van der Waals surface area contributed by atoms with Crippen molar-refractivity contribution in [3.05, 3.63) is 58.1 Å². The summed E-state index contributed by atoms with van der Waals surface area (Å²) in [6.45, 7) is 1.38. The van der Waals surface area contributed by atoms with Crippen molar-refractivity contribution < 1.29 is 14.3 Å². The molecule has 2 rings (SSSR count). The van der Waals surface area contributed by atoms with Gasteiger partial charge in [0.2, 0.25) is 5.91 Å². The molecule has 0 fully saturated rings. The Morgan fingerprint density at radius 1 is 1.05 bits per heavy atom. The van der Waals surface area contributed by atoms with Crippen molar-refractivity contribution >= 4 is 46.5 Å². The van der Waals surface area contributed by atoms with E-state index in [9.17, 15) is 9.59 Å². The minimum atomic E-state index is -0.565. The van der Waals surface area contributed by atoms with E-state index in [0.29, 0.717) is 21.4 Å². The second-order valence-corrected chi connectivity index (χ2v) is 5.30. The number of carbonyl (C=O) groups excluding carboxylic acids is 2. The van der Waals surface area contributed by atoms with Crippen molar-refractivity contribution in [2.24, 2.45) is 0 Å². The third-order valence-electron chi connectivity index (χ3n) is 3.01. The van der Waals surface area contributed by atoms with E-state index in [1.807, 2.05) is 0 Å². The SMILES string of the molecule is COC(=O)c1ccc(Cl)cc1N(C(C)=O)c1ccccc1Cl. The van der Waals surface area contributed by atoms with E-state index in [4.69, 9.17) is 27.9 Å². The van der Waals surface area contributed by atoms with E-state index in [-0.39, 0.29) is 11.5 Å². The summed E-state index contributed by atoms with van der Waals surface area (Å²) in [5.74, 6) is -0.870. The molecule has 1 amide bonds. The summed E-state index contributed by atoms with van der Waals surface area (Å²) in [6, 6.07) is 11.4. The van der Waals surface area contributed by atoms with Gasteiger partial charge in [0.15, 0.2) is 0 Å². The van der Waals surface area contributed by atoms with Gasteiger partial charge in [-0.05, 0) is 30.3 Å². The summed E-state index contributed by atoms with van der Waals surface area (Å²) in [6.07, 6.45) is 0. The molecule has 0 N–H and O–H groups in total. The Morgan fingerprint density at radius 2 is 1.73 bits per heavy atom. The minimum Gasteiger partial charge on any atom is -0.465 e. The average Bonchev–Trinajstić information content (AvgIpc) is 2.48. The van der Waals surface area contributed by atoms with Gasteiger partial charge in [0, 0.05) is 11.9 Å². The predicted octanol–water partition coefficient (Wildman–Crippen LogP) is 4.46. The molecule has 0 aromatic heterocycles. The highest BCUT2D eigenvalue weighted by Gasteiger charge is 2.23. The van der Waals surface area contributed by atoms with Crippen LogP contribution >= 0.6 is 23.2 Å². The third-order valence-corrected chi connectivity index (χ3v) is 3.57. The van der Waals surface area contributed by atoms with E-state index in [0.717, 1.165) is 0 Å². The number of para-hydroxylation sites is 1. The van der Waals surface area contributed by atoms with E-state index < -0.39 is 5.97 Å². The zero-order valence-corrected chi connectivity index (χ0v) is 13.5. The van der Waals surface area contributed by atoms with Gasteiger partial charge in [-0.25, -0.2) is 4.79 Å². The fraction of sp³-hybridized carbons (Fsp3) is 0.125. The molecule has 0 atom stereocenters. The maximum atomic E-state index is 12.1. The van der Waals surface area contributed by atoms with Crippen molar-refractivity contribution in [3.63, 3.8) is 0 Å². The number of amides is 1. The number of carbonyl (C=O) groups is 2. The van der Waals surface area contributed by atoms with Crippen LogP contribution in [-0.2, 0) is 9.53 Å². The summed E-state index contributed by atoms with van der Waals surface area (Å²) in [5, 5.41) is 0.773. The van der Waals surface area contributed by atoms with Crippen LogP contribution in [-0.4, -0.2) is 19.0 Å². The topological polar surface area (TPSA) is 46.6 Å². The molecule has 0 bridgehead atoms. The Bertz CT molecular complexity index is 731. The summed E-state index contributed by atoms with van der Waals surface area (Å²) < 4.78 is 4.76. The van der Waals surface area contributed by atoms with Crippen LogP contribution in [0.5, 0.6) is 0 Å². The molecule has 2 aromatic rings. The normalized spacial score (nSPS) is 10.2. The molecule has 0 aliphatic heterocycles. The van der Waals surface area contributed by atoms with Gasteiger partial charge in [0.1, 0.15) is 0 Å². The van der Waals surface area contributed by atoms with Gasteiger partial charge in [-0.1, -0.05) is 35.3 Å². The lowest BCUT2D eigenvalue weighted by molar-refractivity contribution is -0.115. The van der Waals surface area contributed by atoms with Crippen LogP contribution in [0, 0.1) is 0 Å². The number of ether oxygens (including phenoxy) is 1. The number of nitrogens with zero attached hydrogens (tertiary/aromatic N) is 1. The van der Waals surface area contributed by atoms with E-state index in [1.54, 1.807) is 30.3 Å². The van der Waals surface area contributed by atoms with Crippen LogP contribution in [0.1, 0.15) is 17.3 Å². The Balaban J connectivity index is 2.69. The second kappa shape index (κ2) is 6.81. The molecule has 6 heteroatoms. The van der Waals surface area contributed by atoms with Crippen LogP contribution < -0.4 is 4.90 Å². The van der Waals surface area contributed by atoms with Crippen LogP contribution in [0.4, 0.5) is 11.4 Å². The van der Waals surface area contributed by atoms with Gasteiger partial charge in [-0.3, -0.25) is 9.69 Å². The number of hydrogen-bond acceptors (Lipinski definition) is 3. The molecule has 0 spiro atoms. The second-order valence-electron chi connectivity index (χ2n) is 4.46. The summed E-state index contributed by atoms with van der Waals surface area (Å²) in [7, 11) is 1.27. The van der Waals surface area contributed by atoms with Gasteiger partial charge in [-0.15, -0.1) is 0 Å². The molecule has 0 unspecified atom stereocenters. The van der Waals surface area contributed by atoms with Crippen LogP contribution in [0.15, 0.2) is 42.5 Å². The van der Waals surface area contributed by atoms with Crippen LogP contribution in [0.2, 0.25) is 10.0 Å². The summed E-state index contributed by atoms with van der Waals surface area (Å²) in [4.78, 5) is 25.4. The van der Waals surface area contributed by atoms with Gasteiger partial charge in [-0.2, -0.15) is 0 Å². The number of hydrogen-bond donors (Lipinski definition) is 0. The third kappa shape index (κ3) is 3.24. The Morgan fingerprint density at radius 3 is 2.32 bits per heavy atom. The molecular formula is C16H13Cl2NO3. The zero-order chi connectivity index (χ0) is 16.3. The first-order valence-corrected chi connectivity index (χ1v) is 7.14. The molecule has 22 heavy (non-hydrogen) atoms. The quantitative estimate of drug-likeness (QED) is 0.776. The fourth-order valence-corrected chi connectivity index (χ4v) is 2.46. The molecular weight excluding hydrogens is 325 g/mol. The molecule has 0 aliphatic rings. The summed E-state index contributed by atoms with van der Waals surface area (Å²) >= 11 is 12.2. The van der Waals surface area contributed by atoms with Crippen molar-refractivity contribution in [2.45, 2.75) is 6.92 Å². The maximum absolute atomic E-state index is 12.1. The molecule has 4 nitrogen and oxygen atoms in total. The molecule has 2 aromatic carbocycles. The highest BCUT2D eigenvalue weighted by Crippen LogP contribution is 2.35. The number of rotatable bonds is 3. The van der Waals surface area contributed by atoms with E-state index in [1.165, 1.54) is 31.1 Å². The zero-order valence-electron chi connectivity index (χ0n) is 12.0. The lowest BCUT2D eigenvalue weighted by Crippen LogP contribution is -2.25. The lowest BCUT2D eigenvalue weighted by Gasteiger charge is -2.24. The molecule has 0 saturated carbocycles. The van der Waals surface area contributed by atoms with Crippen LogP contribution in [0.25, 0.3) is 0 Å². The number of esters is 1. The highest BCUT2D eigenvalue weighted by molar-refractivity contribution is 6.34. The maximum Gasteiger partial charge on any atom is 0.339 e. The van der Waals surface area contributed by atoms with E-state index in [2.05, 4.69) is 0 Å². The number of methoxy groups -OCH3 is 1. The first-order chi connectivity index (χ1) is 10.5. The van der Waals surface area contributed by atoms with Crippen LogP contribution in [0.3, 0.4) is 0 Å². The largest absolute Gasteiger partial charge is 0.465 e. The number of anilines is 2. The van der Waals surface area contributed by atoms with Crippen molar-refractivity contribution in [1.82, 2.24) is 0 Å². The van der Waals surface area contributed by atoms with Crippen molar-refractivity contribution in [2.75, 3.05) is 12.0 Å². The Hall–Kier alpha value is -2.04. The molecule has 0 aliphatic carbocycles. The van der Waals surface area contributed by atoms with Crippen molar-refractivity contribution in [1.29, 1.82) is 0 Å². The van der Waals surface area contributed by atoms with Gasteiger partial charge < -0.3 is 4.74 Å². The fourth-order valence-electron chi connectivity index (χ4n) is 2.07. The molecule has 114 valence electrons. The predicted molar refractivity (Wildman–Crippen MR) is 87.1 cm³/mol. The standard InChI is InChI=1S/C16H13Cl2NO3/c1-10(20)19(14-6-4-3-5-13(14)18)15-9-11(17)7-8-12(15)16(21)22-2/h3-9H,1-2H3. The molecule has 0 radical (unpaired) electrons. The lowest BCUT2D eigenvalue weighted by atomic mass is 10.1. The first-order valence-electron chi connectivity index (χ1n) is 6.38. The summed E-state index contributed by atoms with van der Waals surface area (Å²) in [5.41, 5.74) is 1.01. The monoisotopic (exact) mass is 337 g/mol. The Labute approximate surface area is 138 Å². The number of benzene rings is 2. The molecule has 0 saturated heterocycles. The molecule has 0 heterocycles.